The van der Waals surface area contributed by atoms with Crippen LogP contribution in [-0.4, -0.2) is 18.3 Å². The Morgan fingerprint density at radius 3 is 2.55 bits per heavy atom. The largest absolute Gasteiger partial charge is 0.270 e. The van der Waals surface area contributed by atoms with Gasteiger partial charge in [0.2, 0.25) is 8.87 Å². The highest BCUT2D eigenvalue weighted by atomic mass is 33.1. The van der Waals surface area contributed by atoms with Crippen molar-refractivity contribution in [3.05, 3.63) is 58.6 Å². The lowest BCUT2D eigenvalue weighted by atomic mass is 10.3. The third kappa shape index (κ3) is 2.96. The molecule has 9 heteroatoms. The molecule has 3 rings (SSSR count). The quantitative estimate of drug-likeness (QED) is 0.404. The topological polar surface area (TPSA) is 90.2 Å². The molecule has 0 aliphatic rings. The second kappa shape index (κ2) is 5.67. The minimum Gasteiger partial charge on any atom is -0.258 e. The third-order valence-electron chi connectivity index (χ3n) is 2.78. The van der Waals surface area contributed by atoms with Gasteiger partial charge < -0.3 is 0 Å². The van der Waals surface area contributed by atoms with Crippen LogP contribution in [0.2, 0.25) is 0 Å². The standard InChI is InChI=1S/C13H8N2O4S3/c16-15(17)9-6-7-11-12(8-9)20-13(14-11)21-22(18,19)10-4-2-1-3-5-10/h1-8H. The molecule has 6 nitrogen and oxygen atoms in total. The van der Waals surface area contributed by atoms with Crippen LogP contribution in [0.5, 0.6) is 0 Å². The number of thiazole rings is 1. The average molecular weight is 352 g/mol. The van der Waals surface area contributed by atoms with Gasteiger partial charge in [-0.3, -0.25) is 10.1 Å². The smallest absolute Gasteiger partial charge is 0.258 e. The minimum atomic E-state index is -3.56. The van der Waals surface area contributed by atoms with Gasteiger partial charge in [-0.25, -0.2) is 13.4 Å². The zero-order chi connectivity index (χ0) is 15.7. The molecule has 0 unspecified atom stereocenters. The van der Waals surface area contributed by atoms with Crippen molar-refractivity contribution < 1.29 is 13.3 Å². The zero-order valence-corrected chi connectivity index (χ0v) is 13.3. The second-order valence-corrected chi connectivity index (χ2v) is 9.28. The van der Waals surface area contributed by atoms with Crippen molar-refractivity contribution in [1.82, 2.24) is 4.98 Å². The lowest BCUT2D eigenvalue weighted by Gasteiger charge is -1.99. The molecule has 0 bridgehead atoms. The van der Waals surface area contributed by atoms with Gasteiger partial charge in [0, 0.05) is 22.9 Å². The van der Waals surface area contributed by atoms with Crippen LogP contribution in [-0.2, 0) is 8.87 Å². The van der Waals surface area contributed by atoms with Crippen molar-refractivity contribution in [3.63, 3.8) is 0 Å². The Morgan fingerprint density at radius 1 is 1.14 bits per heavy atom. The fourth-order valence-corrected chi connectivity index (χ4v) is 6.23. The molecule has 0 atom stereocenters. The van der Waals surface area contributed by atoms with E-state index in [0.717, 1.165) is 11.3 Å². The molecule has 0 saturated carbocycles. The van der Waals surface area contributed by atoms with Crippen LogP contribution in [0.25, 0.3) is 10.2 Å². The molecule has 0 aliphatic carbocycles. The van der Waals surface area contributed by atoms with E-state index in [9.17, 15) is 18.5 Å². The molecule has 112 valence electrons. The van der Waals surface area contributed by atoms with E-state index in [4.69, 9.17) is 0 Å². The molecule has 0 aliphatic heterocycles. The number of non-ortho nitro benzene ring substituents is 1. The number of nitro groups is 1. The van der Waals surface area contributed by atoms with Crippen molar-refractivity contribution in [2.24, 2.45) is 0 Å². The van der Waals surface area contributed by atoms with Crippen molar-refractivity contribution in [1.29, 1.82) is 0 Å². The van der Waals surface area contributed by atoms with E-state index in [1.165, 1.54) is 30.3 Å². The van der Waals surface area contributed by atoms with Crippen LogP contribution in [0.4, 0.5) is 5.69 Å². The fourth-order valence-electron chi connectivity index (χ4n) is 1.77. The summed E-state index contributed by atoms with van der Waals surface area (Å²) >= 11 is 1.12. The zero-order valence-electron chi connectivity index (χ0n) is 10.9. The van der Waals surface area contributed by atoms with Crippen LogP contribution in [0.15, 0.2) is 57.8 Å². The predicted molar refractivity (Wildman–Crippen MR) is 85.8 cm³/mol. The predicted octanol–water partition coefficient (Wildman–Crippen LogP) is 3.69. The molecule has 3 aromatic rings. The van der Waals surface area contributed by atoms with E-state index in [2.05, 4.69) is 4.98 Å². The number of aromatic nitrogens is 1. The van der Waals surface area contributed by atoms with Gasteiger partial charge in [-0.2, -0.15) is 0 Å². The Kier molecular flexibility index (Phi) is 3.85. The Labute approximate surface area is 133 Å². The maximum Gasteiger partial charge on any atom is 0.270 e. The summed E-state index contributed by atoms with van der Waals surface area (Å²) in [6.45, 7) is 0. The van der Waals surface area contributed by atoms with Gasteiger partial charge >= 0.3 is 0 Å². The van der Waals surface area contributed by atoms with Crippen molar-refractivity contribution in [3.8, 4) is 0 Å². The van der Waals surface area contributed by atoms with Crippen LogP contribution in [0, 0.1) is 10.1 Å². The Balaban J connectivity index is 1.96. The van der Waals surface area contributed by atoms with Crippen molar-refractivity contribution in [2.75, 3.05) is 0 Å². The van der Waals surface area contributed by atoms with Gasteiger partial charge in [0.1, 0.15) is 0 Å². The maximum atomic E-state index is 12.3. The third-order valence-corrected chi connectivity index (χ3v) is 7.42. The summed E-state index contributed by atoms with van der Waals surface area (Å²) in [7, 11) is -2.91. The number of fused-ring (bicyclic) bond motifs is 1. The average Bonchev–Trinajstić information content (AvgIpc) is 2.88. The summed E-state index contributed by atoms with van der Waals surface area (Å²) in [6.07, 6.45) is 0. The normalized spacial score (nSPS) is 11.6. The van der Waals surface area contributed by atoms with Crippen LogP contribution >= 0.6 is 22.1 Å². The maximum absolute atomic E-state index is 12.3. The van der Waals surface area contributed by atoms with Gasteiger partial charge in [-0.1, -0.05) is 18.2 Å². The van der Waals surface area contributed by atoms with Gasteiger partial charge in [0.05, 0.1) is 20.0 Å². The molecule has 22 heavy (non-hydrogen) atoms. The van der Waals surface area contributed by atoms with Crippen LogP contribution in [0.1, 0.15) is 0 Å². The van der Waals surface area contributed by atoms with Crippen molar-refractivity contribution >= 4 is 46.9 Å². The molecular weight excluding hydrogens is 344 g/mol. The number of nitro benzene ring substituents is 1. The van der Waals surface area contributed by atoms with E-state index >= 15 is 0 Å². The Morgan fingerprint density at radius 2 is 1.86 bits per heavy atom. The van der Waals surface area contributed by atoms with Gasteiger partial charge in [-0.05, 0) is 18.2 Å². The number of nitrogens with zero attached hydrogens (tertiary/aromatic N) is 2. The van der Waals surface area contributed by atoms with Crippen LogP contribution < -0.4 is 0 Å². The first-order chi connectivity index (χ1) is 10.5. The molecule has 0 fully saturated rings. The van der Waals surface area contributed by atoms with E-state index in [1.54, 1.807) is 18.2 Å². The first-order valence-electron chi connectivity index (χ1n) is 6.00. The summed E-state index contributed by atoms with van der Waals surface area (Å²) in [5.41, 5.74) is 0.500. The molecule has 0 amide bonds. The number of hydrogen-bond acceptors (Lipinski definition) is 7. The molecule has 0 N–H and O–H groups in total. The Hall–Kier alpha value is -1.97. The highest BCUT2D eigenvalue weighted by molar-refractivity contribution is 8.72. The van der Waals surface area contributed by atoms with E-state index in [0.29, 0.717) is 25.4 Å². The van der Waals surface area contributed by atoms with E-state index in [-0.39, 0.29) is 10.6 Å². The monoisotopic (exact) mass is 352 g/mol. The first kappa shape index (κ1) is 14.9. The summed E-state index contributed by atoms with van der Waals surface area (Å²) in [4.78, 5) is 14.7. The number of benzene rings is 2. The van der Waals surface area contributed by atoms with Crippen LogP contribution in [0.3, 0.4) is 0 Å². The van der Waals surface area contributed by atoms with Gasteiger partial charge in [0.25, 0.3) is 5.69 Å². The summed E-state index contributed by atoms with van der Waals surface area (Å²) in [6, 6.07) is 12.3. The van der Waals surface area contributed by atoms with E-state index < -0.39 is 13.8 Å². The molecule has 1 heterocycles. The molecule has 0 radical (unpaired) electrons. The highest BCUT2D eigenvalue weighted by Crippen LogP contribution is 2.36. The molecule has 2 aromatic carbocycles. The summed E-state index contributed by atoms with van der Waals surface area (Å²) in [5.74, 6) is 0. The summed E-state index contributed by atoms with van der Waals surface area (Å²) < 4.78 is 25.5. The highest BCUT2D eigenvalue weighted by Gasteiger charge is 2.19. The Bertz CT molecular complexity index is 952. The second-order valence-electron chi connectivity index (χ2n) is 4.24. The molecule has 1 aromatic heterocycles. The lowest BCUT2D eigenvalue weighted by Crippen LogP contribution is -1.93. The fraction of sp³-hybridized carbons (Fsp3) is 0. The number of hydrogen-bond donors (Lipinski definition) is 0. The molecule has 0 spiro atoms. The summed E-state index contributed by atoms with van der Waals surface area (Å²) in [5, 5.41) is 10.8. The molecular formula is C13H8N2O4S3. The van der Waals surface area contributed by atoms with Gasteiger partial charge in [0.15, 0.2) is 4.34 Å². The SMILES string of the molecule is O=[N+]([O-])c1ccc2nc(SS(=O)(=O)c3ccccc3)sc2c1. The van der Waals surface area contributed by atoms with Gasteiger partial charge in [-0.15, -0.1) is 11.3 Å². The number of rotatable bonds is 4. The first-order valence-corrected chi connectivity index (χ1v) is 9.63. The lowest BCUT2D eigenvalue weighted by molar-refractivity contribution is -0.384. The van der Waals surface area contributed by atoms with Crippen molar-refractivity contribution in [2.45, 2.75) is 9.24 Å². The molecule has 0 saturated heterocycles. The van der Waals surface area contributed by atoms with E-state index in [1.807, 2.05) is 0 Å². The minimum absolute atomic E-state index is 0.0429.